The minimum absolute atomic E-state index is 0.369. The molecule has 0 saturated heterocycles. The molecular formula is C13H21N3O2S. The number of fused-ring (bicyclic) bond motifs is 1. The van der Waals surface area contributed by atoms with Gasteiger partial charge < -0.3 is 11.1 Å². The molecule has 1 aromatic rings. The van der Waals surface area contributed by atoms with Gasteiger partial charge in [0.05, 0.1) is 6.26 Å². The van der Waals surface area contributed by atoms with E-state index in [2.05, 4.69) is 16.1 Å². The molecule has 0 heterocycles. The standard InChI is InChI=1S/C13H21N3O2S/c1-19(17,18)16-8-2-7-15-13-6-3-10-9-11(14)4-5-12(10)13/h4-5,9,13,15-16H,2-3,6-8,14H2,1H3. The van der Waals surface area contributed by atoms with Crippen molar-refractivity contribution >= 4 is 15.7 Å². The van der Waals surface area contributed by atoms with Gasteiger partial charge in [-0.25, -0.2) is 13.1 Å². The molecule has 1 aliphatic carbocycles. The summed E-state index contributed by atoms with van der Waals surface area (Å²) >= 11 is 0. The Kier molecular flexibility index (Phi) is 4.44. The topological polar surface area (TPSA) is 84.2 Å². The first-order chi connectivity index (χ1) is 8.96. The van der Waals surface area contributed by atoms with E-state index in [4.69, 9.17) is 5.73 Å². The molecule has 6 heteroatoms. The summed E-state index contributed by atoms with van der Waals surface area (Å²) in [5, 5.41) is 3.47. The van der Waals surface area contributed by atoms with Crippen LogP contribution >= 0.6 is 0 Å². The zero-order chi connectivity index (χ0) is 13.9. The highest BCUT2D eigenvalue weighted by atomic mass is 32.2. The Morgan fingerprint density at radius 3 is 2.89 bits per heavy atom. The number of anilines is 1. The third-order valence-electron chi connectivity index (χ3n) is 3.35. The van der Waals surface area contributed by atoms with Crippen LogP contribution in [0.4, 0.5) is 5.69 Å². The van der Waals surface area contributed by atoms with Crippen LogP contribution in [0.1, 0.15) is 30.0 Å². The van der Waals surface area contributed by atoms with Crippen molar-refractivity contribution in [2.24, 2.45) is 0 Å². The summed E-state index contributed by atoms with van der Waals surface area (Å²) in [5.41, 5.74) is 9.24. The fraction of sp³-hybridized carbons (Fsp3) is 0.538. The summed E-state index contributed by atoms with van der Waals surface area (Å²) in [7, 11) is -3.07. The van der Waals surface area contributed by atoms with Crippen LogP contribution in [-0.4, -0.2) is 27.8 Å². The molecule has 0 aromatic heterocycles. The lowest BCUT2D eigenvalue weighted by atomic mass is 10.1. The first-order valence-electron chi connectivity index (χ1n) is 6.52. The average Bonchev–Trinajstić information content (AvgIpc) is 2.69. The minimum Gasteiger partial charge on any atom is -0.399 e. The van der Waals surface area contributed by atoms with Crippen LogP contribution in [0.3, 0.4) is 0 Å². The van der Waals surface area contributed by atoms with E-state index in [1.54, 1.807) is 0 Å². The molecule has 5 nitrogen and oxygen atoms in total. The van der Waals surface area contributed by atoms with Crippen LogP contribution in [0.15, 0.2) is 18.2 Å². The predicted octanol–water partition coefficient (Wildman–Crippen LogP) is 0.785. The normalized spacial score (nSPS) is 18.5. The highest BCUT2D eigenvalue weighted by Gasteiger charge is 2.21. The number of hydrogen-bond acceptors (Lipinski definition) is 4. The van der Waals surface area contributed by atoms with Gasteiger partial charge in [0.15, 0.2) is 0 Å². The van der Waals surface area contributed by atoms with Crippen molar-refractivity contribution in [2.75, 3.05) is 25.1 Å². The SMILES string of the molecule is CS(=O)(=O)NCCCNC1CCc2cc(N)ccc21. The minimum atomic E-state index is -3.07. The number of benzene rings is 1. The van der Waals surface area contributed by atoms with Crippen LogP contribution in [0.5, 0.6) is 0 Å². The Bertz CT molecular complexity index is 543. The second-order valence-corrected chi connectivity index (χ2v) is 6.86. The molecule has 0 spiro atoms. The Labute approximate surface area is 114 Å². The molecule has 0 radical (unpaired) electrons. The zero-order valence-electron chi connectivity index (χ0n) is 11.1. The van der Waals surface area contributed by atoms with Gasteiger partial charge in [0.2, 0.25) is 10.0 Å². The number of sulfonamides is 1. The van der Waals surface area contributed by atoms with E-state index in [-0.39, 0.29) is 0 Å². The molecule has 2 rings (SSSR count). The van der Waals surface area contributed by atoms with E-state index >= 15 is 0 Å². The fourth-order valence-corrected chi connectivity index (χ4v) is 2.99. The molecule has 0 fully saturated rings. The molecule has 1 aliphatic rings. The second kappa shape index (κ2) is 5.90. The number of nitrogen functional groups attached to an aromatic ring is 1. The van der Waals surface area contributed by atoms with Gasteiger partial charge in [0.25, 0.3) is 0 Å². The van der Waals surface area contributed by atoms with Crippen molar-refractivity contribution in [3.05, 3.63) is 29.3 Å². The van der Waals surface area contributed by atoms with Crippen molar-refractivity contribution < 1.29 is 8.42 Å². The van der Waals surface area contributed by atoms with E-state index in [0.717, 1.165) is 31.5 Å². The lowest BCUT2D eigenvalue weighted by Crippen LogP contribution is -2.27. The van der Waals surface area contributed by atoms with Gasteiger partial charge in [-0.2, -0.15) is 0 Å². The molecule has 106 valence electrons. The first kappa shape index (κ1) is 14.3. The smallest absolute Gasteiger partial charge is 0.208 e. The Hall–Kier alpha value is -1.11. The highest BCUT2D eigenvalue weighted by molar-refractivity contribution is 7.88. The Balaban J connectivity index is 1.77. The fourth-order valence-electron chi connectivity index (χ4n) is 2.47. The third-order valence-corrected chi connectivity index (χ3v) is 4.08. The Morgan fingerprint density at radius 2 is 2.16 bits per heavy atom. The molecule has 1 atom stereocenters. The summed E-state index contributed by atoms with van der Waals surface area (Å²) in [6.45, 7) is 1.28. The maximum absolute atomic E-state index is 10.9. The number of rotatable bonds is 6. The predicted molar refractivity (Wildman–Crippen MR) is 77.4 cm³/mol. The maximum atomic E-state index is 10.9. The second-order valence-electron chi connectivity index (χ2n) is 5.02. The molecule has 19 heavy (non-hydrogen) atoms. The van der Waals surface area contributed by atoms with E-state index in [0.29, 0.717) is 12.6 Å². The first-order valence-corrected chi connectivity index (χ1v) is 8.41. The van der Waals surface area contributed by atoms with Gasteiger partial charge in [0.1, 0.15) is 0 Å². The van der Waals surface area contributed by atoms with Crippen molar-refractivity contribution in [1.29, 1.82) is 0 Å². The average molecular weight is 283 g/mol. The van der Waals surface area contributed by atoms with E-state index in [9.17, 15) is 8.42 Å². The zero-order valence-corrected chi connectivity index (χ0v) is 12.0. The van der Waals surface area contributed by atoms with Crippen LogP contribution in [-0.2, 0) is 16.4 Å². The van der Waals surface area contributed by atoms with Crippen LogP contribution in [0.25, 0.3) is 0 Å². The van der Waals surface area contributed by atoms with Gasteiger partial charge in [-0.1, -0.05) is 6.07 Å². The van der Waals surface area contributed by atoms with Gasteiger partial charge in [-0.15, -0.1) is 0 Å². The van der Waals surface area contributed by atoms with Crippen molar-refractivity contribution in [2.45, 2.75) is 25.3 Å². The third kappa shape index (κ3) is 4.19. The van der Waals surface area contributed by atoms with Crippen molar-refractivity contribution in [1.82, 2.24) is 10.0 Å². The molecule has 0 saturated carbocycles. The number of hydrogen-bond donors (Lipinski definition) is 3. The summed E-state index contributed by atoms with van der Waals surface area (Å²) in [6.07, 6.45) is 4.10. The molecule has 1 unspecified atom stereocenters. The van der Waals surface area contributed by atoms with Crippen molar-refractivity contribution in [3.63, 3.8) is 0 Å². The van der Waals surface area contributed by atoms with Crippen molar-refractivity contribution in [3.8, 4) is 0 Å². The quantitative estimate of drug-likeness (QED) is 0.532. The van der Waals surface area contributed by atoms with Crippen LogP contribution in [0, 0.1) is 0 Å². The summed E-state index contributed by atoms with van der Waals surface area (Å²) < 4.78 is 24.3. The van der Waals surface area contributed by atoms with Crippen LogP contribution in [0.2, 0.25) is 0 Å². The Morgan fingerprint density at radius 1 is 1.37 bits per heavy atom. The van der Waals surface area contributed by atoms with E-state index in [1.807, 2.05) is 12.1 Å². The molecule has 0 aliphatic heterocycles. The van der Waals surface area contributed by atoms with E-state index < -0.39 is 10.0 Å². The lowest BCUT2D eigenvalue weighted by molar-refractivity contribution is 0.517. The van der Waals surface area contributed by atoms with Gasteiger partial charge in [-0.3, -0.25) is 0 Å². The number of nitrogens with two attached hydrogens (primary N) is 1. The monoisotopic (exact) mass is 283 g/mol. The maximum Gasteiger partial charge on any atom is 0.208 e. The van der Waals surface area contributed by atoms with Gasteiger partial charge in [0, 0.05) is 18.3 Å². The summed E-state index contributed by atoms with van der Waals surface area (Å²) in [5.74, 6) is 0. The summed E-state index contributed by atoms with van der Waals surface area (Å²) in [6, 6.07) is 6.44. The summed E-state index contributed by atoms with van der Waals surface area (Å²) in [4.78, 5) is 0. The van der Waals surface area contributed by atoms with Gasteiger partial charge >= 0.3 is 0 Å². The largest absolute Gasteiger partial charge is 0.399 e. The van der Waals surface area contributed by atoms with Crippen LogP contribution < -0.4 is 15.8 Å². The van der Waals surface area contributed by atoms with E-state index in [1.165, 1.54) is 17.4 Å². The highest BCUT2D eigenvalue weighted by Crippen LogP contribution is 2.32. The number of aryl methyl sites for hydroxylation is 1. The molecule has 1 aromatic carbocycles. The molecule has 0 amide bonds. The molecule has 4 N–H and O–H groups in total. The molecule has 0 bridgehead atoms. The van der Waals surface area contributed by atoms with Gasteiger partial charge in [-0.05, 0) is 49.1 Å². The molecular weight excluding hydrogens is 262 g/mol. The lowest BCUT2D eigenvalue weighted by Gasteiger charge is -2.14. The number of nitrogens with one attached hydrogen (secondary N) is 2.